The standard InChI is InChI=1S/C21H25N3O6/c1-5-29-19-11-8-16(12-18(19)24(27)28)21(26)30-14-20(25)23(4)13-15-6-9-17(10-7-15)22(2)3/h6-12H,5,13-14H2,1-4H3. The summed E-state index contributed by atoms with van der Waals surface area (Å²) in [6.07, 6.45) is 0. The van der Waals surface area contributed by atoms with Crippen LogP contribution in [-0.2, 0) is 16.1 Å². The van der Waals surface area contributed by atoms with Crippen molar-refractivity contribution < 1.29 is 24.0 Å². The Labute approximate surface area is 174 Å². The molecule has 0 radical (unpaired) electrons. The lowest BCUT2D eigenvalue weighted by Gasteiger charge is -2.18. The number of nitrogens with zero attached hydrogens (tertiary/aromatic N) is 3. The number of nitro groups is 1. The summed E-state index contributed by atoms with van der Waals surface area (Å²) in [6, 6.07) is 11.5. The van der Waals surface area contributed by atoms with Crippen LogP contribution < -0.4 is 9.64 Å². The van der Waals surface area contributed by atoms with Crippen molar-refractivity contribution >= 4 is 23.3 Å². The number of benzene rings is 2. The van der Waals surface area contributed by atoms with E-state index in [-0.39, 0.29) is 29.5 Å². The largest absolute Gasteiger partial charge is 0.487 e. The molecule has 0 fully saturated rings. The fourth-order valence-electron chi connectivity index (χ4n) is 2.65. The summed E-state index contributed by atoms with van der Waals surface area (Å²) in [5, 5.41) is 11.2. The summed E-state index contributed by atoms with van der Waals surface area (Å²) in [4.78, 5) is 38.4. The molecule has 160 valence electrons. The van der Waals surface area contributed by atoms with E-state index in [1.165, 1.54) is 17.0 Å². The first-order chi connectivity index (χ1) is 14.2. The molecule has 0 saturated heterocycles. The lowest BCUT2D eigenvalue weighted by molar-refractivity contribution is -0.385. The van der Waals surface area contributed by atoms with Gasteiger partial charge in [-0.3, -0.25) is 14.9 Å². The summed E-state index contributed by atoms with van der Waals surface area (Å²) in [7, 11) is 5.49. The minimum absolute atomic E-state index is 0.0279. The molecule has 0 heterocycles. The van der Waals surface area contributed by atoms with Gasteiger partial charge in [0.25, 0.3) is 5.91 Å². The summed E-state index contributed by atoms with van der Waals surface area (Å²) in [5.74, 6) is -1.14. The van der Waals surface area contributed by atoms with Gasteiger partial charge in [-0.15, -0.1) is 0 Å². The third-order valence-electron chi connectivity index (χ3n) is 4.32. The summed E-state index contributed by atoms with van der Waals surface area (Å²) < 4.78 is 10.2. The molecule has 0 saturated carbocycles. The highest BCUT2D eigenvalue weighted by Gasteiger charge is 2.20. The number of esters is 1. The molecule has 0 atom stereocenters. The maximum atomic E-state index is 12.3. The van der Waals surface area contributed by atoms with Crippen LogP contribution >= 0.6 is 0 Å². The molecule has 2 aromatic carbocycles. The van der Waals surface area contributed by atoms with Crippen molar-refractivity contribution in [3.05, 3.63) is 63.7 Å². The molecule has 0 bridgehead atoms. The average Bonchev–Trinajstić information content (AvgIpc) is 2.72. The second-order valence-corrected chi connectivity index (χ2v) is 6.76. The molecular formula is C21H25N3O6. The zero-order chi connectivity index (χ0) is 22.3. The van der Waals surface area contributed by atoms with Crippen LogP contribution in [0.25, 0.3) is 0 Å². The Balaban J connectivity index is 1.95. The summed E-state index contributed by atoms with van der Waals surface area (Å²) >= 11 is 0. The fourth-order valence-corrected chi connectivity index (χ4v) is 2.65. The van der Waals surface area contributed by atoms with Crippen molar-refractivity contribution in [2.75, 3.05) is 39.3 Å². The van der Waals surface area contributed by atoms with E-state index < -0.39 is 17.5 Å². The number of amides is 1. The zero-order valence-electron chi connectivity index (χ0n) is 17.5. The van der Waals surface area contributed by atoms with Gasteiger partial charge in [-0.05, 0) is 36.8 Å². The predicted molar refractivity (Wildman–Crippen MR) is 112 cm³/mol. The van der Waals surface area contributed by atoms with Crippen LogP contribution in [-0.4, -0.2) is 56.1 Å². The van der Waals surface area contributed by atoms with Gasteiger partial charge in [0.1, 0.15) is 0 Å². The number of nitro benzene ring substituents is 1. The lowest BCUT2D eigenvalue weighted by Crippen LogP contribution is -2.30. The highest BCUT2D eigenvalue weighted by molar-refractivity contribution is 5.92. The Kier molecular flexibility index (Phi) is 7.74. The van der Waals surface area contributed by atoms with E-state index in [0.717, 1.165) is 17.3 Å². The molecule has 0 aliphatic heterocycles. The van der Waals surface area contributed by atoms with Crippen molar-refractivity contribution in [2.45, 2.75) is 13.5 Å². The predicted octanol–water partition coefficient (Wildman–Crippen LogP) is 2.87. The van der Waals surface area contributed by atoms with Crippen LogP contribution in [0.2, 0.25) is 0 Å². The number of hydrogen-bond acceptors (Lipinski definition) is 7. The molecule has 30 heavy (non-hydrogen) atoms. The van der Waals surface area contributed by atoms with Gasteiger partial charge in [0.2, 0.25) is 0 Å². The van der Waals surface area contributed by atoms with Crippen molar-refractivity contribution in [1.29, 1.82) is 0 Å². The zero-order valence-corrected chi connectivity index (χ0v) is 17.5. The Morgan fingerprint density at radius 3 is 2.30 bits per heavy atom. The minimum atomic E-state index is -0.821. The topological polar surface area (TPSA) is 102 Å². The molecule has 2 aromatic rings. The van der Waals surface area contributed by atoms with Crippen molar-refractivity contribution in [2.24, 2.45) is 0 Å². The van der Waals surface area contributed by atoms with Crippen LogP contribution in [0.15, 0.2) is 42.5 Å². The quantitative estimate of drug-likeness (QED) is 0.352. The molecule has 9 heteroatoms. The highest BCUT2D eigenvalue weighted by Crippen LogP contribution is 2.28. The van der Waals surface area contributed by atoms with Gasteiger partial charge >= 0.3 is 11.7 Å². The van der Waals surface area contributed by atoms with Gasteiger partial charge in [0, 0.05) is 39.4 Å². The maximum absolute atomic E-state index is 12.3. The Morgan fingerprint density at radius 1 is 1.07 bits per heavy atom. The molecule has 2 rings (SSSR count). The summed E-state index contributed by atoms with van der Waals surface area (Å²) in [5.41, 5.74) is 1.62. The fraction of sp³-hybridized carbons (Fsp3) is 0.333. The van der Waals surface area contributed by atoms with E-state index in [1.54, 1.807) is 14.0 Å². The van der Waals surface area contributed by atoms with Gasteiger partial charge in [-0.25, -0.2) is 4.79 Å². The van der Waals surface area contributed by atoms with Crippen LogP contribution in [0, 0.1) is 10.1 Å². The molecule has 0 N–H and O–H groups in total. The van der Waals surface area contributed by atoms with E-state index in [0.29, 0.717) is 6.54 Å². The van der Waals surface area contributed by atoms with Gasteiger partial charge in [-0.1, -0.05) is 12.1 Å². The van der Waals surface area contributed by atoms with Crippen LogP contribution in [0.5, 0.6) is 5.75 Å². The highest BCUT2D eigenvalue weighted by atomic mass is 16.6. The molecule has 0 aliphatic rings. The first-order valence-corrected chi connectivity index (χ1v) is 9.31. The molecular weight excluding hydrogens is 390 g/mol. The molecule has 0 aliphatic carbocycles. The van der Waals surface area contributed by atoms with E-state index in [4.69, 9.17) is 9.47 Å². The Hall–Kier alpha value is -3.62. The lowest BCUT2D eigenvalue weighted by atomic mass is 10.2. The van der Waals surface area contributed by atoms with Crippen LogP contribution in [0.3, 0.4) is 0 Å². The molecule has 0 aromatic heterocycles. The van der Waals surface area contributed by atoms with E-state index in [1.807, 2.05) is 43.3 Å². The third-order valence-corrected chi connectivity index (χ3v) is 4.32. The second-order valence-electron chi connectivity index (χ2n) is 6.76. The minimum Gasteiger partial charge on any atom is -0.487 e. The molecule has 0 spiro atoms. The first-order valence-electron chi connectivity index (χ1n) is 9.31. The van der Waals surface area contributed by atoms with Crippen molar-refractivity contribution in [3.8, 4) is 5.75 Å². The summed E-state index contributed by atoms with van der Waals surface area (Å²) in [6.45, 7) is 1.85. The maximum Gasteiger partial charge on any atom is 0.338 e. The van der Waals surface area contributed by atoms with E-state index >= 15 is 0 Å². The van der Waals surface area contributed by atoms with Gasteiger partial charge in [-0.2, -0.15) is 0 Å². The van der Waals surface area contributed by atoms with Crippen LogP contribution in [0.4, 0.5) is 11.4 Å². The third kappa shape index (κ3) is 5.94. The smallest absolute Gasteiger partial charge is 0.338 e. The second kappa shape index (κ2) is 10.2. The van der Waals surface area contributed by atoms with Gasteiger partial charge in [0.05, 0.1) is 17.1 Å². The number of rotatable bonds is 9. The van der Waals surface area contributed by atoms with E-state index in [9.17, 15) is 19.7 Å². The molecule has 9 nitrogen and oxygen atoms in total. The van der Waals surface area contributed by atoms with E-state index in [2.05, 4.69) is 0 Å². The number of hydrogen-bond donors (Lipinski definition) is 0. The SMILES string of the molecule is CCOc1ccc(C(=O)OCC(=O)N(C)Cc2ccc(N(C)C)cc2)cc1[N+](=O)[O-]. The molecule has 1 amide bonds. The number of ether oxygens (including phenoxy) is 2. The molecule has 0 unspecified atom stereocenters. The monoisotopic (exact) mass is 415 g/mol. The Morgan fingerprint density at radius 2 is 1.73 bits per heavy atom. The number of carbonyl (C=O) groups is 2. The first kappa shape index (κ1) is 22.7. The Bertz CT molecular complexity index is 911. The number of carbonyl (C=O) groups excluding carboxylic acids is 2. The van der Waals surface area contributed by atoms with Crippen molar-refractivity contribution in [3.63, 3.8) is 0 Å². The van der Waals surface area contributed by atoms with Crippen molar-refractivity contribution in [1.82, 2.24) is 4.90 Å². The average molecular weight is 415 g/mol. The normalized spacial score (nSPS) is 10.3. The number of anilines is 1. The van der Waals surface area contributed by atoms with Gasteiger partial charge < -0.3 is 19.3 Å². The van der Waals surface area contributed by atoms with Gasteiger partial charge in [0.15, 0.2) is 12.4 Å². The van der Waals surface area contributed by atoms with Crippen LogP contribution in [0.1, 0.15) is 22.8 Å². The number of likely N-dealkylation sites (N-methyl/N-ethyl adjacent to an activating group) is 1.